The minimum Gasteiger partial charge on any atom is -0.368 e. The van der Waals surface area contributed by atoms with Gasteiger partial charge in [-0.25, -0.2) is 12.8 Å². The van der Waals surface area contributed by atoms with E-state index in [1.807, 2.05) is 6.07 Å². The number of rotatable bonds is 3. The van der Waals surface area contributed by atoms with Crippen molar-refractivity contribution in [3.8, 4) is 0 Å². The number of benzene rings is 2. The Kier molecular flexibility index (Phi) is 5.55. The van der Waals surface area contributed by atoms with E-state index in [4.69, 9.17) is 0 Å². The standard InChI is InChI=1S/C19H21FN2O2S.ClH/c20-15-2-1-3-17(13-15)25(23,24)18-4-5-19-14(12-18)8-11-22(19)16-6-9-21-10-7-16;/h1-5,12-13,16,21H,6-11H2;1H. The summed E-state index contributed by atoms with van der Waals surface area (Å²) < 4.78 is 39.0. The van der Waals surface area contributed by atoms with Crippen molar-refractivity contribution in [1.29, 1.82) is 0 Å². The number of piperidine rings is 1. The third-order valence-electron chi connectivity index (χ3n) is 5.15. The van der Waals surface area contributed by atoms with Crippen molar-refractivity contribution >= 4 is 27.9 Å². The molecule has 0 spiro atoms. The molecule has 0 unspecified atom stereocenters. The summed E-state index contributed by atoms with van der Waals surface area (Å²) in [5.41, 5.74) is 2.21. The Bertz CT molecular complexity index is 898. The number of halogens is 2. The molecular formula is C19H22ClFN2O2S. The minimum absolute atomic E-state index is 0. The SMILES string of the molecule is Cl.O=S(=O)(c1cccc(F)c1)c1ccc2c(c1)CCN2C1CCNCC1. The first-order valence-electron chi connectivity index (χ1n) is 8.67. The fourth-order valence-corrected chi connectivity index (χ4v) is 5.18. The van der Waals surface area contributed by atoms with Crippen LogP contribution in [-0.4, -0.2) is 34.1 Å². The Balaban J connectivity index is 0.00000196. The molecule has 2 heterocycles. The molecule has 0 aliphatic carbocycles. The monoisotopic (exact) mass is 396 g/mol. The van der Waals surface area contributed by atoms with Crippen molar-refractivity contribution < 1.29 is 12.8 Å². The third kappa shape index (κ3) is 3.46. The highest BCUT2D eigenvalue weighted by Gasteiger charge is 2.29. The lowest BCUT2D eigenvalue weighted by Gasteiger charge is -2.33. The molecule has 0 radical (unpaired) electrons. The van der Waals surface area contributed by atoms with Gasteiger partial charge >= 0.3 is 0 Å². The van der Waals surface area contributed by atoms with Crippen LogP contribution in [0.15, 0.2) is 52.3 Å². The van der Waals surface area contributed by atoms with Gasteiger partial charge in [0.2, 0.25) is 9.84 Å². The maximum Gasteiger partial charge on any atom is 0.206 e. The lowest BCUT2D eigenvalue weighted by molar-refractivity contribution is 0.435. The molecule has 1 fully saturated rings. The van der Waals surface area contributed by atoms with Crippen molar-refractivity contribution in [2.75, 3.05) is 24.5 Å². The van der Waals surface area contributed by atoms with Gasteiger partial charge in [0.1, 0.15) is 5.82 Å². The summed E-state index contributed by atoms with van der Waals surface area (Å²) in [6, 6.07) is 11.0. The normalized spacial score (nSPS) is 17.7. The van der Waals surface area contributed by atoms with E-state index in [9.17, 15) is 12.8 Å². The number of sulfone groups is 1. The van der Waals surface area contributed by atoms with Gasteiger partial charge in [0.05, 0.1) is 9.79 Å². The summed E-state index contributed by atoms with van der Waals surface area (Å²) >= 11 is 0. The number of hydrogen-bond acceptors (Lipinski definition) is 4. The second-order valence-corrected chi connectivity index (χ2v) is 8.63. The zero-order valence-corrected chi connectivity index (χ0v) is 16.0. The predicted octanol–water partition coefficient (Wildman–Crippen LogP) is 3.19. The molecule has 26 heavy (non-hydrogen) atoms. The summed E-state index contributed by atoms with van der Waals surface area (Å²) in [6.07, 6.45) is 3.08. The van der Waals surface area contributed by atoms with E-state index in [0.29, 0.717) is 6.04 Å². The molecule has 0 saturated carbocycles. The van der Waals surface area contributed by atoms with Gasteiger partial charge in [-0.1, -0.05) is 6.07 Å². The van der Waals surface area contributed by atoms with Crippen LogP contribution in [0.2, 0.25) is 0 Å². The maximum atomic E-state index is 13.4. The first kappa shape index (κ1) is 19.1. The second kappa shape index (κ2) is 7.55. The summed E-state index contributed by atoms with van der Waals surface area (Å²) in [5, 5.41) is 3.38. The molecule has 0 atom stereocenters. The van der Waals surface area contributed by atoms with Gasteiger partial charge in [-0.15, -0.1) is 12.4 Å². The Morgan fingerprint density at radius 3 is 2.50 bits per heavy atom. The van der Waals surface area contributed by atoms with Crippen molar-refractivity contribution in [3.05, 3.63) is 53.8 Å². The quantitative estimate of drug-likeness (QED) is 0.865. The van der Waals surface area contributed by atoms with Crippen LogP contribution < -0.4 is 10.2 Å². The average molecular weight is 397 g/mol. The number of anilines is 1. The summed E-state index contributed by atoms with van der Waals surface area (Å²) in [6.45, 7) is 2.99. The zero-order chi connectivity index (χ0) is 17.4. The molecule has 0 amide bonds. The van der Waals surface area contributed by atoms with E-state index in [0.717, 1.165) is 56.2 Å². The number of nitrogens with one attached hydrogen (secondary N) is 1. The van der Waals surface area contributed by atoms with E-state index in [1.165, 1.54) is 18.2 Å². The van der Waals surface area contributed by atoms with Gasteiger partial charge in [0.15, 0.2) is 0 Å². The molecule has 2 aliphatic heterocycles. The largest absolute Gasteiger partial charge is 0.368 e. The molecule has 140 valence electrons. The van der Waals surface area contributed by atoms with E-state index >= 15 is 0 Å². The Morgan fingerprint density at radius 1 is 1.04 bits per heavy atom. The van der Waals surface area contributed by atoms with Crippen LogP contribution in [0.3, 0.4) is 0 Å². The highest BCUT2D eigenvalue weighted by Crippen LogP contribution is 2.34. The minimum atomic E-state index is -3.69. The second-order valence-electron chi connectivity index (χ2n) is 6.68. The van der Waals surface area contributed by atoms with Crippen molar-refractivity contribution in [3.63, 3.8) is 0 Å². The maximum absolute atomic E-state index is 13.4. The third-order valence-corrected chi connectivity index (χ3v) is 6.90. The first-order valence-corrected chi connectivity index (χ1v) is 10.1. The molecule has 2 aromatic rings. The number of hydrogen-bond donors (Lipinski definition) is 1. The number of fused-ring (bicyclic) bond motifs is 1. The fraction of sp³-hybridized carbons (Fsp3) is 0.368. The Hall–Kier alpha value is -1.63. The summed E-state index contributed by atoms with van der Waals surface area (Å²) in [4.78, 5) is 2.65. The smallest absolute Gasteiger partial charge is 0.206 e. The lowest BCUT2D eigenvalue weighted by atomic mass is 10.0. The molecular weight excluding hydrogens is 375 g/mol. The Morgan fingerprint density at radius 2 is 1.77 bits per heavy atom. The average Bonchev–Trinajstić information content (AvgIpc) is 3.05. The lowest BCUT2D eigenvalue weighted by Crippen LogP contribution is -2.42. The molecule has 0 bridgehead atoms. The van der Waals surface area contributed by atoms with Crippen molar-refractivity contribution in [1.82, 2.24) is 5.32 Å². The van der Waals surface area contributed by atoms with Crippen LogP contribution in [0.5, 0.6) is 0 Å². The Labute approximate surface area is 159 Å². The molecule has 2 aromatic carbocycles. The topological polar surface area (TPSA) is 49.4 Å². The van der Waals surface area contributed by atoms with Crippen LogP contribution in [0.1, 0.15) is 18.4 Å². The van der Waals surface area contributed by atoms with Crippen LogP contribution in [0.4, 0.5) is 10.1 Å². The van der Waals surface area contributed by atoms with Crippen LogP contribution in [0.25, 0.3) is 0 Å². The van der Waals surface area contributed by atoms with Crippen LogP contribution in [0, 0.1) is 5.82 Å². The summed E-state index contributed by atoms with van der Waals surface area (Å²) in [5.74, 6) is -0.542. The molecule has 4 rings (SSSR count). The molecule has 4 nitrogen and oxygen atoms in total. The van der Waals surface area contributed by atoms with E-state index < -0.39 is 15.7 Å². The van der Waals surface area contributed by atoms with E-state index in [2.05, 4.69) is 10.2 Å². The highest BCUT2D eigenvalue weighted by molar-refractivity contribution is 7.91. The molecule has 0 aromatic heterocycles. The van der Waals surface area contributed by atoms with Gasteiger partial charge in [0, 0.05) is 18.3 Å². The molecule has 1 N–H and O–H groups in total. The van der Waals surface area contributed by atoms with Crippen LogP contribution >= 0.6 is 12.4 Å². The molecule has 2 aliphatic rings. The summed E-state index contributed by atoms with van der Waals surface area (Å²) in [7, 11) is -3.69. The molecule has 1 saturated heterocycles. The van der Waals surface area contributed by atoms with Crippen LogP contribution in [-0.2, 0) is 16.3 Å². The van der Waals surface area contributed by atoms with E-state index in [1.54, 1.807) is 12.1 Å². The van der Waals surface area contributed by atoms with Crippen molar-refractivity contribution in [2.24, 2.45) is 0 Å². The van der Waals surface area contributed by atoms with Gasteiger partial charge in [-0.2, -0.15) is 0 Å². The van der Waals surface area contributed by atoms with Gasteiger partial charge in [0.25, 0.3) is 0 Å². The molecule has 7 heteroatoms. The van der Waals surface area contributed by atoms with Gasteiger partial charge in [-0.05, 0) is 74.3 Å². The van der Waals surface area contributed by atoms with Gasteiger partial charge < -0.3 is 10.2 Å². The van der Waals surface area contributed by atoms with Gasteiger partial charge in [-0.3, -0.25) is 0 Å². The van der Waals surface area contributed by atoms with E-state index in [-0.39, 0.29) is 22.2 Å². The highest BCUT2D eigenvalue weighted by atomic mass is 35.5. The predicted molar refractivity (Wildman–Crippen MR) is 102 cm³/mol. The number of nitrogens with zero attached hydrogens (tertiary/aromatic N) is 1. The zero-order valence-electron chi connectivity index (χ0n) is 14.3. The van der Waals surface area contributed by atoms with Crippen molar-refractivity contribution in [2.45, 2.75) is 35.1 Å². The first-order chi connectivity index (χ1) is 12.1. The fourth-order valence-electron chi connectivity index (χ4n) is 3.84.